The van der Waals surface area contributed by atoms with E-state index in [4.69, 9.17) is 0 Å². The summed E-state index contributed by atoms with van der Waals surface area (Å²) < 4.78 is 3.12. The van der Waals surface area contributed by atoms with Gasteiger partial charge in [0, 0.05) is 11.7 Å². The Bertz CT molecular complexity index is 1220. The molecule has 1 N–H and O–H groups in total. The summed E-state index contributed by atoms with van der Waals surface area (Å²) in [7, 11) is 0. The topological polar surface area (TPSA) is 54.3 Å². The molecule has 5 rings (SSSR count). The van der Waals surface area contributed by atoms with Gasteiger partial charge in [-0.1, -0.05) is 32.8 Å². The predicted molar refractivity (Wildman–Crippen MR) is 135 cm³/mol. The molecule has 2 aromatic heterocycles. The van der Waals surface area contributed by atoms with Crippen molar-refractivity contribution in [1.29, 1.82) is 0 Å². The van der Waals surface area contributed by atoms with Gasteiger partial charge in [-0.2, -0.15) is 0 Å². The highest BCUT2D eigenvalue weighted by atomic mass is 32.1. The van der Waals surface area contributed by atoms with E-state index >= 15 is 0 Å². The van der Waals surface area contributed by atoms with Crippen molar-refractivity contribution in [3.8, 4) is 0 Å². The molecule has 33 heavy (non-hydrogen) atoms. The summed E-state index contributed by atoms with van der Waals surface area (Å²) in [6.07, 6.45) is 3.33. The zero-order valence-electron chi connectivity index (χ0n) is 20.1. The minimum Gasteiger partial charge on any atom is -0.351 e. The van der Waals surface area contributed by atoms with Crippen LogP contribution >= 0.6 is 11.3 Å². The Kier molecular flexibility index (Phi) is 5.39. The molecular weight excluding hydrogens is 430 g/mol. The average Bonchev–Trinajstić information content (AvgIpc) is 3.33. The molecule has 2 aliphatic rings. The number of aromatic nitrogens is 1. The van der Waals surface area contributed by atoms with Crippen molar-refractivity contribution in [3.63, 3.8) is 0 Å². The first kappa shape index (κ1) is 22.2. The van der Waals surface area contributed by atoms with Gasteiger partial charge in [0.2, 0.25) is 5.91 Å². The van der Waals surface area contributed by atoms with Crippen LogP contribution in [0, 0.1) is 25.7 Å². The molecule has 1 aromatic carbocycles. The standard InChI is InChI=1S/C27H33N3O2S/c1-16-11-17(2)13-20(12-16)30-25(31)23-14-24-22(9-10-33-24)29(23)15-27(30,5)26(32)28-21-8-6-7-18(3)19(21)4/h9-14,18-19,21H,6-8,15H2,1-5H3,(H,28,32)/t18-,19-,21+,27+/m0/s1. The summed E-state index contributed by atoms with van der Waals surface area (Å²) in [4.78, 5) is 29.7. The Morgan fingerprint density at radius 3 is 2.58 bits per heavy atom. The molecule has 3 heterocycles. The molecule has 3 aromatic rings. The molecule has 1 saturated carbocycles. The van der Waals surface area contributed by atoms with Gasteiger partial charge in [-0.05, 0) is 79.8 Å². The average molecular weight is 464 g/mol. The molecule has 5 nitrogen and oxygen atoms in total. The lowest BCUT2D eigenvalue weighted by molar-refractivity contribution is -0.128. The number of hydrogen-bond donors (Lipinski definition) is 1. The van der Waals surface area contributed by atoms with Gasteiger partial charge in [0.1, 0.15) is 11.2 Å². The summed E-state index contributed by atoms with van der Waals surface area (Å²) in [5.74, 6) is 0.828. The molecule has 0 radical (unpaired) electrons. The predicted octanol–water partition coefficient (Wildman–Crippen LogP) is 5.68. The number of rotatable bonds is 3. The fourth-order valence-electron chi connectivity index (χ4n) is 5.81. The Hall–Kier alpha value is -2.60. The number of nitrogens with one attached hydrogen (secondary N) is 1. The number of thiophene rings is 1. The first-order valence-corrected chi connectivity index (χ1v) is 12.9. The summed E-state index contributed by atoms with van der Waals surface area (Å²) in [6.45, 7) is 10.9. The minimum absolute atomic E-state index is 0.0660. The van der Waals surface area contributed by atoms with Gasteiger partial charge in [-0.25, -0.2) is 0 Å². The van der Waals surface area contributed by atoms with Crippen LogP contribution in [0.1, 0.15) is 61.6 Å². The molecule has 6 heteroatoms. The highest BCUT2D eigenvalue weighted by Gasteiger charge is 2.49. The number of anilines is 1. The van der Waals surface area contributed by atoms with Crippen molar-refractivity contribution in [2.45, 2.75) is 72.0 Å². The first-order valence-electron chi connectivity index (χ1n) is 12.0. The Balaban J connectivity index is 1.60. The molecule has 1 aliphatic heterocycles. The number of amides is 2. The third-order valence-corrected chi connectivity index (χ3v) is 8.73. The summed E-state index contributed by atoms with van der Waals surface area (Å²) in [6, 6.07) is 10.3. The van der Waals surface area contributed by atoms with Crippen LogP contribution in [0.25, 0.3) is 10.2 Å². The largest absolute Gasteiger partial charge is 0.351 e. The van der Waals surface area contributed by atoms with Gasteiger partial charge >= 0.3 is 0 Å². The van der Waals surface area contributed by atoms with Crippen molar-refractivity contribution in [2.75, 3.05) is 4.90 Å². The Labute approximate surface area is 199 Å². The third kappa shape index (κ3) is 3.59. The van der Waals surface area contributed by atoms with E-state index in [9.17, 15) is 9.59 Å². The highest BCUT2D eigenvalue weighted by molar-refractivity contribution is 7.17. The lowest BCUT2D eigenvalue weighted by atomic mass is 9.77. The number of nitrogens with zero attached hydrogens (tertiary/aromatic N) is 2. The quantitative estimate of drug-likeness (QED) is 0.543. The fourth-order valence-corrected chi connectivity index (χ4v) is 6.63. The van der Waals surface area contributed by atoms with Crippen LogP contribution in [0.4, 0.5) is 5.69 Å². The number of carbonyl (C=O) groups is 2. The van der Waals surface area contributed by atoms with E-state index in [2.05, 4.69) is 25.2 Å². The number of aryl methyl sites for hydroxylation is 2. The fraction of sp³-hybridized carbons (Fsp3) is 0.481. The maximum atomic E-state index is 14.0. The van der Waals surface area contributed by atoms with Gasteiger partial charge in [0.15, 0.2) is 0 Å². The van der Waals surface area contributed by atoms with Crippen LogP contribution in [0.3, 0.4) is 0 Å². The summed E-state index contributed by atoms with van der Waals surface area (Å²) in [5, 5.41) is 5.42. The number of fused-ring (bicyclic) bond motifs is 3. The van der Waals surface area contributed by atoms with Crippen molar-refractivity contribution < 1.29 is 9.59 Å². The smallest absolute Gasteiger partial charge is 0.275 e. The van der Waals surface area contributed by atoms with Crippen LogP contribution < -0.4 is 10.2 Å². The molecule has 1 fully saturated rings. The van der Waals surface area contributed by atoms with E-state index in [0.29, 0.717) is 24.1 Å². The van der Waals surface area contributed by atoms with E-state index in [0.717, 1.165) is 39.9 Å². The Morgan fingerprint density at radius 2 is 1.85 bits per heavy atom. The molecule has 0 saturated heterocycles. The molecule has 4 atom stereocenters. The summed E-state index contributed by atoms with van der Waals surface area (Å²) >= 11 is 1.63. The Morgan fingerprint density at radius 1 is 1.12 bits per heavy atom. The lowest BCUT2D eigenvalue weighted by Gasteiger charge is -2.45. The van der Waals surface area contributed by atoms with E-state index in [1.807, 2.05) is 55.0 Å². The maximum absolute atomic E-state index is 14.0. The molecular formula is C27H33N3O2S. The third-order valence-electron chi connectivity index (χ3n) is 7.88. The van der Waals surface area contributed by atoms with Crippen LogP contribution in [-0.2, 0) is 11.3 Å². The van der Waals surface area contributed by atoms with Crippen LogP contribution in [0.15, 0.2) is 35.7 Å². The van der Waals surface area contributed by atoms with Gasteiger partial charge in [0.25, 0.3) is 5.91 Å². The van der Waals surface area contributed by atoms with Gasteiger partial charge in [-0.3, -0.25) is 14.5 Å². The second-order valence-electron chi connectivity index (χ2n) is 10.4. The molecule has 0 bridgehead atoms. The molecule has 0 unspecified atom stereocenters. The van der Waals surface area contributed by atoms with Crippen molar-refractivity contribution in [2.24, 2.45) is 11.8 Å². The van der Waals surface area contributed by atoms with Crippen molar-refractivity contribution in [1.82, 2.24) is 9.88 Å². The second kappa shape index (κ2) is 8.01. The van der Waals surface area contributed by atoms with E-state index in [-0.39, 0.29) is 17.9 Å². The van der Waals surface area contributed by atoms with Crippen LogP contribution in [0.5, 0.6) is 0 Å². The molecule has 2 amide bonds. The zero-order chi connectivity index (χ0) is 23.5. The highest BCUT2D eigenvalue weighted by Crippen LogP contribution is 2.38. The van der Waals surface area contributed by atoms with E-state index in [1.54, 1.807) is 16.2 Å². The normalized spacial score (nSPS) is 27.6. The van der Waals surface area contributed by atoms with Crippen LogP contribution in [0.2, 0.25) is 0 Å². The van der Waals surface area contributed by atoms with E-state index in [1.165, 1.54) is 6.42 Å². The number of carbonyl (C=O) groups excluding carboxylic acids is 2. The van der Waals surface area contributed by atoms with Gasteiger partial charge in [-0.15, -0.1) is 11.3 Å². The maximum Gasteiger partial charge on any atom is 0.275 e. The van der Waals surface area contributed by atoms with Crippen LogP contribution in [-0.4, -0.2) is 28.0 Å². The second-order valence-corrected chi connectivity index (χ2v) is 11.3. The van der Waals surface area contributed by atoms with Gasteiger partial charge < -0.3 is 9.88 Å². The molecule has 174 valence electrons. The van der Waals surface area contributed by atoms with E-state index < -0.39 is 5.54 Å². The lowest BCUT2D eigenvalue weighted by Crippen LogP contribution is -2.66. The molecule has 1 aliphatic carbocycles. The number of hydrogen-bond acceptors (Lipinski definition) is 3. The molecule has 0 spiro atoms. The SMILES string of the molecule is Cc1cc(C)cc(N2C(=O)c3cc4sccc4n3C[C@]2(C)C(=O)N[C@@H]2CCC[C@H](C)[C@@H]2C)c1. The van der Waals surface area contributed by atoms with Gasteiger partial charge in [0.05, 0.1) is 16.8 Å². The van der Waals surface area contributed by atoms with Crippen molar-refractivity contribution in [3.05, 3.63) is 52.5 Å². The first-order chi connectivity index (χ1) is 15.7. The monoisotopic (exact) mass is 463 g/mol. The van der Waals surface area contributed by atoms with Crippen molar-refractivity contribution >= 4 is 39.1 Å². The summed E-state index contributed by atoms with van der Waals surface area (Å²) in [5.41, 5.74) is 3.60. The number of benzene rings is 1. The zero-order valence-corrected chi connectivity index (χ0v) is 21.0. The minimum atomic E-state index is -1.03.